The molecule has 3 nitrogen and oxygen atoms in total. The smallest absolute Gasteiger partial charge is 0.145 e. The average molecular weight is 229 g/mol. The predicted octanol–water partition coefficient (Wildman–Crippen LogP) is 3.24. The lowest BCUT2D eigenvalue weighted by atomic mass is 10.1. The van der Waals surface area contributed by atoms with Gasteiger partial charge < -0.3 is 9.84 Å². The Morgan fingerprint density at radius 2 is 1.94 bits per heavy atom. The zero-order valence-corrected chi connectivity index (χ0v) is 9.92. The molecule has 0 aliphatic carbocycles. The van der Waals surface area contributed by atoms with E-state index in [4.69, 9.17) is 4.74 Å². The number of aliphatic hydroxyl groups excluding tert-OH is 1. The number of para-hydroxylation sites is 1. The normalized spacial score (nSPS) is 12.2. The highest BCUT2D eigenvalue weighted by Gasteiger charge is 2.08. The lowest BCUT2D eigenvalue weighted by Crippen LogP contribution is -1.96. The number of rotatable bonds is 3. The van der Waals surface area contributed by atoms with Crippen molar-refractivity contribution in [3.05, 3.63) is 53.9 Å². The van der Waals surface area contributed by atoms with E-state index >= 15 is 0 Å². The van der Waals surface area contributed by atoms with Crippen LogP contribution in [0.2, 0.25) is 0 Å². The largest absolute Gasteiger partial charge is 0.455 e. The quantitative estimate of drug-likeness (QED) is 0.878. The number of hydrogen-bond donors (Lipinski definition) is 1. The number of aliphatic hydroxyl groups is 1. The second-order valence-corrected chi connectivity index (χ2v) is 3.95. The molecule has 0 amide bonds. The average Bonchev–Trinajstić information content (AvgIpc) is 2.32. The molecule has 1 N–H and O–H groups in total. The van der Waals surface area contributed by atoms with Gasteiger partial charge in [-0.25, -0.2) is 0 Å². The number of aryl methyl sites for hydroxylation is 1. The molecule has 1 unspecified atom stereocenters. The Hall–Kier alpha value is -1.87. The van der Waals surface area contributed by atoms with Gasteiger partial charge in [-0.2, -0.15) is 0 Å². The SMILES string of the molecule is Cc1ccc(Oc2ccccc2C(C)O)cn1. The van der Waals surface area contributed by atoms with Gasteiger partial charge in [0.1, 0.15) is 11.5 Å². The second kappa shape index (κ2) is 4.97. The van der Waals surface area contributed by atoms with Gasteiger partial charge >= 0.3 is 0 Å². The van der Waals surface area contributed by atoms with Crippen LogP contribution in [-0.2, 0) is 0 Å². The van der Waals surface area contributed by atoms with Gasteiger partial charge in [0.15, 0.2) is 0 Å². The van der Waals surface area contributed by atoms with E-state index in [9.17, 15) is 5.11 Å². The minimum absolute atomic E-state index is 0.551. The van der Waals surface area contributed by atoms with Crippen LogP contribution in [0.5, 0.6) is 11.5 Å². The fraction of sp³-hybridized carbons (Fsp3) is 0.214. The number of aromatic nitrogens is 1. The Morgan fingerprint density at radius 3 is 2.59 bits per heavy atom. The Balaban J connectivity index is 2.26. The molecule has 1 atom stereocenters. The van der Waals surface area contributed by atoms with Crippen molar-refractivity contribution in [2.75, 3.05) is 0 Å². The van der Waals surface area contributed by atoms with E-state index in [0.29, 0.717) is 11.5 Å². The van der Waals surface area contributed by atoms with Crippen LogP contribution in [0.15, 0.2) is 42.6 Å². The molecule has 1 aromatic heterocycles. The number of ether oxygens (including phenoxy) is 1. The maximum absolute atomic E-state index is 9.63. The van der Waals surface area contributed by atoms with Crippen molar-refractivity contribution in [2.45, 2.75) is 20.0 Å². The van der Waals surface area contributed by atoms with Gasteiger partial charge in [0.2, 0.25) is 0 Å². The fourth-order valence-electron chi connectivity index (χ4n) is 1.56. The zero-order chi connectivity index (χ0) is 12.3. The van der Waals surface area contributed by atoms with Crippen LogP contribution in [-0.4, -0.2) is 10.1 Å². The highest BCUT2D eigenvalue weighted by Crippen LogP contribution is 2.28. The van der Waals surface area contributed by atoms with Gasteiger partial charge in [-0.05, 0) is 32.0 Å². The summed E-state index contributed by atoms with van der Waals surface area (Å²) in [5.74, 6) is 1.33. The molecule has 0 spiro atoms. The fourth-order valence-corrected chi connectivity index (χ4v) is 1.56. The second-order valence-electron chi connectivity index (χ2n) is 3.95. The molecule has 0 aliphatic rings. The van der Waals surface area contributed by atoms with E-state index in [0.717, 1.165) is 11.3 Å². The monoisotopic (exact) mass is 229 g/mol. The van der Waals surface area contributed by atoms with Gasteiger partial charge in [0.25, 0.3) is 0 Å². The van der Waals surface area contributed by atoms with Crippen molar-refractivity contribution < 1.29 is 9.84 Å². The first-order valence-electron chi connectivity index (χ1n) is 5.54. The lowest BCUT2D eigenvalue weighted by Gasteiger charge is -2.12. The zero-order valence-electron chi connectivity index (χ0n) is 9.92. The van der Waals surface area contributed by atoms with Crippen LogP contribution in [0.25, 0.3) is 0 Å². The molecule has 3 heteroatoms. The summed E-state index contributed by atoms with van der Waals surface area (Å²) in [5, 5.41) is 9.63. The number of pyridine rings is 1. The summed E-state index contributed by atoms with van der Waals surface area (Å²) in [6.07, 6.45) is 1.12. The molecule has 1 aromatic carbocycles. The Labute approximate surface area is 101 Å². The van der Waals surface area contributed by atoms with Crippen molar-refractivity contribution >= 4 is 0 Å². The molecular weight excluding hydrogens is 214 g/mol. The summed E-state index contributed by atoms with van der Waals surface area (Å²) in [5.41, 5.74) is 1.72. The summed E-state index contributed by atoms with van der Waals surface area (Å²) in [6, 6.07) is 11.2. The van der Waals surface area contributed by atoms with E-state index < -0.39 is 6.10 Å². The maximum Gasteiger partial charge on any atom is 0.145 e. The molecule has 2 rings (SSSR count). The molecular formula is C14H15NO2. The summed E-state index contributed by atoms with van der Waals surface area (Å²) >= 11 is 0. The van der Waals surface area contributed by atoms with Gasteiger partial charge in [-0.15, -0.1) is 0 Å². The summed E-state index contributed by atoms with van der Waals surface area (Å²) in [7, 11) is 0. The third-order valence-electron chi connectivity index (χ3n) is 2.48. The van der Waals surface area contributed by atoms with Crippen LogP contribution in [0.4, 0.5) is 0 Å². The highest BCUT2D eigenvalue weighted by atomic mass is 16.5. The van der Waals surface area contributed by atoms with E-state index in [1.807, 2.05) is 43.3 Å². The van der Waals surface area contributed by atoms with Crippen molar-refractivity contribution in [1.82, 2.24) is 4.98 Å². The molecule has 17 heavy (non-hydrogen) atoms. The highest BCUT2D eigenvalue weighted by molar-refractivity contribution is 5.38. The Kier molecular flexibility index (Phi) is 3.40. The topological polar surface area (TPSA) is 42.4 Å². The minimum atomic E-state index is -0.551. The van der Waals surface area contributed by atoms with Gasteiger partial charge in [0, 0.05) is 11.3 Å². The lowest BCUT2D eigenvalue weighted by molar-refractivity contribution is 0.195. The van der Waals surface area contributed by atoms with E-state index in [-0.39, 0.29) is 0 Å². The first-order chi connectivity index (χ1) is 8.16. The number of benzene rings is 1. The molecule has 0 saturated carbocycles. The number of nitrogens with zero attached hydrogens (tertiary/aromatic N) is 1. The van der Waals surface area contributed by atoms with E-state index in [2.05, 4.69) is 4.98 Å². The molecule has 0 fully saturated rings. The van der Waals surface area contributed by atoms with Gasteiger partial charge in [-0.3, -0.25) is 4.98 Å². The van der Waals surface area contributed by atoms with Gasteiger partial charge in [0.05, 0.1) is 12.3 Å². The molecule has 1 heterocycles. The molecule has 88 valence electrons. The number of hydrogen-bond acceptors (Lipinski definition) is 3. The van der Waals surface area contributed by atoms with Crippen molar-refractivity contribution in [3.8, 4) is 11.5 Å². The Morgan fingerprint density at radius 1 is 1.18 bits per heavy atom. The summed E-state index contributed by atoms with van der Waals surface area (Å²) in [6.45, 7) is 3.64. The third-order valence-corrected chi connectivity index (χ3v) is 2.48. The van der Waals surface area contributed by atoms with E-state index in [1.165, 1.54) is 0 Å². The van der Waals surface area contributed by atoms with Crippen LogP contribution < -0.4 is 4.74 Å². The van der Waals surface area contributed by atoms with Crippen LogP contribution >= 0.6 is 0 Å². The molecule has 0 radical (unpaired) electrons. The van der Waals surface area contributed by atoms with Crippen LogP contribution in [0, 0.1) is 6.92 Å². The van der Waals surface area contributed by atoms with E-state index in [1.54, 1.807) is 13.1 Å². The Bertz CT molecular complexity index is 492. The third kappa shape index (κ3) is 2.82. The van der Waals surface area contributed by atoms with Crippen LogP contribution in [0.1, 0.15) is 24.3 Å². The van der Waals surface area contributed by atoms with Gasteiger partial charge in [-0.1, -0.05) is 18.2 Å². The van der Waals surface area contributed by atoms with Crippen molar-refractivity contribution in [3.63, 3.8) is 0 Å². The van der Waals surface area contributed by atoms with Crippen molar-refractivity contribution in [1.29, 1.82) is 0 Å². The van der Waals surface area contributed by atoms with Crippen LogP contribution in [0.3, 0.4) is 0 Å². The maximum atomic E-state index is 9.63. The standard InChI is InChI=1S/C14H15NO2/c1-10-7-8-12(9-15-10)17-14-6-4-3-5-13(14)11(2)16/h3-9,11,16H,1-2H3. The first-order valence-corrected chi connectivity index (χ1v) is 5.54. The first kappa shape index (κ1) is 11.6. The predicted molar refractivity (Wildman–Crippen MR) is 66.1 cm³/mol. The summed E-state index contributed by atoms with van der Waals surface area (Å²) in [4.78, 5) is 4.16. The summed E-state index contributed by atoms with van der Waals surface area (Å²) < 4.78 is 5.70. The molecule has 2 aromatic rings. The van der Waals surface area contributed by atoms with Crippen molar-refractivity contribution in [2.24, 2.45) is 0 Å². The molecule has 0 bridgehead atoms. The minimum Gasteiger partial charge on any atom is -0.455 e. The molecule has 0 saturated heterocycles. The molecule has 0 aliphatic heterocycles.